The Bertz CT molecular complexity index is 608. The van der Waals surface area contributed by atoms with Gasteiger partial charge in [-0.1, -0.05) is 48.5 Å². The fraction of sp³-hybridized carbons (Fsp3) is 0.400. The van der Waals surface area contributed by atoms with Crippen LogP contribution in [0.15, 0.2) is 29.4 Å². The predicted octanol–water partition coefficient (Wildman–Crippen LogP) is 2.46. The van der Waals surface area contributed by atoms with Crippen molar-refractivity contribution in [1.82, 2.24) is 14.8 Å². The maximum Gasteiger partial charge on any atom is 0.191 e. The first-order valence-corrected chi connectivity index (χ1v) is 7.89. The number of rotatable bonds is 7. The molecule has 0 aliphatic heterocycles. The van der Waals surface area contributed by atoms with E-state index >= 15 is 0 Å². The monoisotopic (exact) mass is 305 g/mol. The van der Waals surface area contributed by atoms with Crippen molar-refractivity contribution >= 4 is 17.5 Å². The third-order valence-corrected chi connectivity index (χ3v) is 4.05. The average molecular weight is 305 g/mol. The molecule has 1 N–H and O–H groups in total. The number of carbonyl (C=O) groups is 1. The lowest BCUT2D eigenvalue weighted by Gasteiger charge is -2.07. The molecule has 0 amide bonds. The van der Waals surface area contributed by atoms with E-state index in [1.165, 1.54) is 11.8 Å². The fourth-order valence-electron chi connectivity index (χ4n) is 1.94. The standard InChI is InChI=1S/C15H19N3O2S/c1-3-8-18-14(9-19)16-17-15(18)21-10-13(20)12-6-4-11(2)5-7-12/h4-7,19H,3,8-10H2,1-2H3. The minimum atomic E-state index is -0.139. The highest BCUT2D eigenvalue weighted by molar-refractivity contribution is 7.99. The molecule has 0 atom stereocenters. The van der Waals surface area contributed by atoms with Crippen LogP contribution >= 0.6 is 11.8 Å². The third kappa shape index (κ3) is 3.92. The number of ketones is 1. The van der Waals surface area contributed by atoms with Crippen LogP contribution in [-0.2, 0) is 13.2 Å². The van der Waals surface area contributed by atoms with E-state index in [-0.39, 0.29) is 12.4 Å². The van der Waals surface area contributed by atoms with Gasteiger partial charge in [0, 0.05) is 12.1 Å². The largest absolute Gasteiger partial charge is 0.388 e. The Morgan fingerprint density at radius 2 is 2.00 bits per heavy atom. The second-order valence-electron chi connectivity index (χ2n) is 4.79. The van der Waals surface area contributed by atoms with E-state index in [1.54, 1.807) is 0 Å². The topological polar surface area (TPSA) is 68.0 Å². The Morgan fingerprint density at radius 1 is 1.29 bits per heavy atom. The van der Waals surface area contributed by atoms with Crippen molar-refractivity contribution in [2.75, 3.05) is 5.75 Å². The van der Waals surface area contributed by atoms with Crippen molar-refractivity contribution in [2.24, 2.45) is 0 Å². The van der Waals surface area contributed by atoms with Gasteiger partial charge in [-0.05, 0) is 13.3 Å². The summed E-state index contributed by atoms with van der Waals surface area (Å²) in [5.41, 5.74) is 1.84. The van der Waals surface area contributed by atoms with Crippen LogP contribution in [0.25, 0.3) is 0 Å². The van der Waals surface area contributed by atoms with Crippen LogP contribution in [-0.4, -0.2) is 31.4 Å². The van der Waals surface area contributed by atoms with Gasteiger partial charge >= 0.3 is 0 Å². The molecule has 0 spiro atoms. The molecule has 0 unspecified atom stereocenters. The van der Waals surface area contributed by atoms with Gasteiger partial charge in [0.2, 0.25) is 0 Å². The lowest BCUT2D eigenvalue weighted by atomic mass is 10.1. The summed E-state index contributed by atoms with van der Waals surface area (Å²) >= 11 is 1.36. The van der Waals surface area contributed by atoms with E-state index < -0.39 is 0 Å². The zero-order valence-corrected chi connectivity index (χ0v) is 13.1. The van der Waals surface area contributed by atoms with Crippen LogP contribution in [0.1, 0.15) is 35.1 Å². The van der Waals surface area contributed by atoms with Crippen LogP contribution in [0.2, 0.25) is 0 Å². The van der Waals surface area contributed by atoms with E-state index in [4.69, 9.17) is 0 Å². The molecule has 0 bridgehead atoms. The van der Waals surface area contributed by atoms with Crippen LogP contribution in [0.3, 0.4) is 0 Å². The zero-order chi connectivity index (χ0) is 15.2. The number of hydrogen-bond acceptors (Lipinski definition) is 5. The second kappa shape index (κ2) is 7.38. The number of benzene rings is 1. The quantitative estimate of drug-likeness (QED) is 0.628. The number of hydrogen-bond donors (Lipinski definition) is 1. The average Bonchev–Trinajstić information content (AvgIpc) is 2.88. The van der Waals surface area contributed by atoms with Crippen LogP contribution in [0, 0.1) is 6.92 Å². The van der Waals surface area contributed by atoms with Crippen molar-refractivity contribution in [3.63, 3.8) is 0 Å². The summed E-state index contributed by atoms with van der Waals surface area (Å²) in [6.07, 6.45) is 0.921. The number of aliphatic hydroxyl groups excluding tert-OH is 1. The minimum Gasteiger partial charge on any atom is -0.388 e. The summed E-state index contributed by atoms with van der Waals surface area (Å²) in [5, 5.41) is 17.9. The van der Waals surface area contributed by atoms with Crippen molar-refractivity contribution < 1.29 is 9.90 Å². The van der Waals surface area contributed by atoms with Gasteiger partial charge in [0.25, 0.3) is 0 Å². The molecule has 6 heteroatoms. The Kier molecular flexibility index (Phi) is 5.52. The number of aryl methyl sites for hydroxylation is 1. The van der Waals surface area contributed by atoms with Gasteiger partial charge in [-0.2, -0.15) is 0 Å². The lowest BCUT2D eigenvalue weighted by Crippen LogP contribution is -2.07. The lowest BCUT2D eigenvalue weighted by molar-refractivity contribution is 0.102. The van der Waals surface area contributed by atoms with Crippen molar-refractivity contribution in [2.45, 2.75) is 38.6 Å². The summed E-state index contributed by atoms with van der Waals surface area (Å²) in [5.74, 6) is 0.926. The zero-order valence-electron chi connectivity index (χ0n) is 12.2. The number of carbonyl (C=O) groups excluding carboxylic acids is 1. The van der Waals surface area contributed by atoms with E-state index in [1.807, 2.05) is 42.7 Å². The van der Waals surface area contributed by atoms with Crippen molar-refractivity contribution in [3.05, 3.63) is 41.2 Å². The first-order valence-electron chi connectivity index (χ1n) is 6.91. The van der Waals surface area contributed by atoms with E-state index in [9.17, 15) is 9.90 Å². The van der Waals surface area contributed by atoms with Gasteiger partial charge in [0.1, 0.15) is 6.61 Å². The van der Waals surface area contributed by atoms with E-state index in [0.29, 0.717) is 22.3 Å². The molecular weight excluding hydrogens is 286 g/mol. The van der Waals surface area contributed by atoms with Crippen LogP contribution in [0.5, 0.6) is 0 Å². The maximum absolute atomic E-state index is 12.1. The summed E-state index contributed by atoms with van der Waals surface area (Å²) in [6.45, 7) is 4.64. The van der Waals surface area contributed by atoms with Crippen LogP contribution in [0.4, 0.5) is 0 Å². The van der Waals surface area contributed by atoms with Gasteiger partial charge < -0.3 is 9.67 Å². The first-order chi connectivity index (χ1) is 10.2. The summed E-state index contributed by atoms with van der Waals surface area (Å²) in [7, 11) is 0. The molecule has 0 saturated carbocycles. The first kappa shape index (κ1) is 15.7. The minimum absolute atomic E-state index is 0.0663. The van der Waals surface area contributed by atoms with Gasteiger partial charge in [0.05, 0.1) is 5.75 Å². The highest BCUT2D eigenvalue weighted by Gasteiger charge is 2.13. The van der Waals surface area contributed by atoms with Gasteiger partial charge in [-0.15, -0.1) is 10.2 Å². The summed E-state index contributed by atoms with van der Waals surface area (Å²) in [4.78, 5) is 12.1. The molecule has 21 heavy (non-hydrogen) atoms. The second-order valence-corrected chi connectivity index (χ2v) is 5.73. The molecule has 0 fully saturated rings. The number of thioether (sulfide) groups is 1. The third-order valence-electron chi connectivity index (χ3n) is 3.09. The Morgan fingerprint density at radius 3 is 2.62 bits per heavy atom. The summed E-state index contributed by atoms with van der Waals surface area (Å²) < 4.78 is 1.87. The molecule has 0 aliphatic carbocycles. The summed E-state index contributed by atoms with van der Waals surface area (Å²) in [6, 6.07) is 7.55. The molecule has 0 saturated heterocycles. The van der Waals surface area contributed by atoms with Crippen molar-refractivity contribution in [1.29, 1.82) is 0 Å². The molecule has 0 radical (unpaired) electrons. The molecule has 1 aromatic heterocycles. The van der Waals surface area contributed by atoms with Gasteiger partial charge in [0.15, 0.2) is 16.8 Å². The van der Waals surface area contributed by atoms with Gasteiger partial charge in [-0.25, -0.2) is 0 Å². The molecule has 1 aromatic carbocycles. The highest BCUT2D eigenvalue weighted by Crippen LogP contribution is 2.19. The Labute approximate surface area is 128 Å². The molecule has 2 rings (SSSR count). The Hall–Kier alpha value is -1.66. The highest BCUT2D eigenvalue weighted by atomic mass is 32.2. The SMILES string of the molecule is CCCn1c(CO)nnc1SCC(=O)c1ccc(C)cc1. The molecule has 2 aromatic rings. The van der Waals surface area contributed by atoms with E-state index in [2.05, 4.69) is 10.2 Å². The molecule has 0 aliphatic rings. The van der Waals surface area contributed by atoms with Crippen LogP contribution < -0.4 is 0 Å². The maximum atomic E-state index is 12.1. The van der Waals surface area contributed by atoms with Crippen molar-refractivity contribution in [3.8, 4) is 0 Å². The predicted molar refractivity (Wildman–Crippen MR) is 82.5 cm³/mol. The molecule has 112 valence electrons. The smallest absolute Gasteiger partial charge is 0.191 e. The molecule has 5 nitrogen and oxygen atoms in total. The Balaban J connectivity index is 2.04. The number of aromatic nitrogens is 3. The fourth-order valence-corrected chi connectivity index (χ4v) is 2.82. The number of nitrogens with zero attached hydrogens (tertiary/aromatic N) is 3. The molecular formula is C15H19N3O2S. The normalized spacial score (nSPS) is 10.8. The number of aliphatic hydroxyl groups is 1. The van der Waals surface area contributed by atoms with Gasteiger partial charge in [-0.3, -0.25) is 4.79 Å². The number of Topliss-reactive ketones (excluding diaryl/α,β-unsaturated/α-hetero) is 1. The molecule has 1 heterocycles. The van der Waals surface area contributed by atoms with E-state index in [0.717, 1.165) is 18.5 Å².